The van der Waals surface area contributed by atoms with Crippen LogP contribution in [0.25, 0.3) is 0 Å². The molecule has 1 aromatic heterocycles. The Hall–Kier alpha value is -1.12. The fourth-order valence-electron chi connectivity index (χ4n) is 0.841. The van der Waals surface area contributed by atoms with Crippen LogP contribution in [-0.2, 0) is 0 Å². The van der Waals surface area contributed by atoms with Gasteiger partial charge in [0.25, 0.3) is 0 Å². The molecule has 0 atom stereocenters. The van der Waals surface area contributed by atoms with Crippen molar-refractivity contribution in [2.75, 3.05) is 5.32 Å². The molecule has 0 radical (unpaired) electrons. The highest BCUT2D eigenvalue weighted by Gasteiger charge is 2.09. The maximum atomic E-state index is 4.19. The molecule has 0 spiro atoms. The molecule has 3 heteroatoms. The maximum absolute atomic E-state index is 4.19. The van der Waals surface area contributed by atoms with Gasteiger partial charge in [-0.3, -0.25) is 4.98 Å². The van der Waals surface area contributed by atoms with Crippen LogP contribution in [0.1, 0.15) is 26.5 Å². The van der Waals surface area contributed by atoms with E-state index in [-0.39, 0.29) is 5.54 Å². The SMILES string of the molecule is Cc1cnc(NC(C)(C)C)cn1. The van der Waals surface area contributed by atoms with Gasteiger partial charge in [0.2, 0.25) is 0 Å². The van der Waals surface area contributed by atoms with Crippen LogP contribution in [0.15, 0.2) is 12.4 Å². The van der Waals surface area contributed by atoms with Crippen LogP contribution in [0.5, 0.6) is 0 Å². The molecule has 0 aliphatic carbocycles. The first-order valence-electron chi connectivity index (χ1n) is 4.04. The second kappa shape index (κ2) is 3.09. The molecule has 3 nitrogen and oxygen atoms in total. The molecule has 0 unspecified atom stereocenters. The highest BCUT2D eigenvalue weighted by molar-refractivity contribution is 5.33. The van der Waals surface area contributed by atoms with Crippen LogP contribution in [-0.4, -0.2) is 15.5 Å². The summed E-state index contributed by atoms with van der Waals surface area (Å²) >= 11 is 0. The van der Waals surface area contributed by atoms with Crippen molar-refractivity contribution < 1.29 is 0 Å². The second-order valence-corrected chi connectivity index (χ2v) is 3.92. The summed E-state index contributed by atoms with van der Waals surface area (Å²) in [6, 6.07) is 0. The standard InChI is InChI=1S/C9H15N3/c1-7-5-11-8(6-10-7)12-9(2,3)4/h5-6H,1-4H3,(H,11,12). The number of anilines is 1. The van der Waals surface area contributed by atoms with Gasteiger partial charge < -0.3 is 5.32 Å². The minimum Gasteiger partial charge on any atom is -0.364 e. The summed E-state index contributed by atoms with van der Waals surface area (Å²) < 4.78 is 0. The number of hydrogen-bond acceptors (Lipinski definition) is 3. The van der Waals surface area contributed by atoms with E-state index in [4.69, 9.17) is 0 Å². The lowest BCUT2D eigenvalue weighted by molar-refractivity contribution is 0.629. The smallest absolute Gasteiger partial charge is 0.144 e. The minimum absolute atomic E-state index is 0.0456. The number of hydrogen-bond donors (Lipinski definition) is 1. The summed E-state index contributed by atoms with van der Waals surface area (Å²) in [6.45, 7) is 8.20. The van der Waals surface area contributed by atoms with Crippen molar-refractivity contribution in [1.29, 1.82) is 0 Å². The van der Waals surface area contributed by atoms with Gasteiger partial charge in [-0.15, -0.1) is 0 Å². The number of nitrogens with zero attached hydrogens (tertiary/aromatic N) is 2. The Bertz CT molecular complexity index is 245. The molecular formula is C9H15N3. The zero-order chi connectivity index (χ0) is 9.19. The summed E-state index contributed by atoms with van der Waals surface area (Å²) in [7, 11) is 0. The van der Waals surface area contributed by atoms with E-state index in [0.29, 0.717) is 0 Å². The normalized spacial score (nSPS) is 11.3. The molecule has 12 heavy (non-hydrogen) atoms. The van der Waals surface area contributed by atoms with Gasteiger partial charge in [-0.1, -0.05) is 0 Å². The van der Waals surface area contributed by atoms with E-state index < -0.39 is 0 Å². The van der Waals surface area contributed by atoms with E-state index in [1.165, 1.54) is 0 Å². The first-order chi connectivity index (χ1) is 5.47. The first kappa shape index (κ1) is 8.97. The third-order valence-electron chi connectivity index (χ3n) is 1.28. The summed E-state index contributed by atoms with van der Waals surface area (Å²) in [5.74, 6) is 0.827. The van der Waals surface area contributed by atoms with Gasteiger partial charge in [0, 0.05) is 5.54 Å². The number of rotatable bonds is 1. The lowest BCUT2D eigenvalue weighted by Crippen LogP contribution is -2.26. The Morgan fingerprint density at radius 2 is 1.83 bits per heavy atom. The zero-order valence-corrected chi connectivity index (χ0v) is 8.05. The molecule has 0 fully saturated rings. The molecule has 1 N–H and O–H groups in total. The Morgan fingerprint density at radius 1 is 1.17 bits per heavy atom. The summed E-state index contributed by atoms with van der Waals surface area (Å²) in [4.78, 5) is 8.33. The molecule has 0 aromatic carbocycles. The average molecular weight is 165 g/mol. The number of aromatic nitrogens is 2. The monoisotopic (exact) mass is 165 g/mol. The van der Waals surface area contributed by atoms with Gasteiger partial charge in [0.05, 0.1) is 18.1 Å². The maximum Gasteiger partial charge on any atom is 0.144 e. The third-order valence-corrected chi connectivity index (χ3v) is 1.28. The Labute approximate surface area is 73.2 Å². The average Bonchev–Trinajstić information content (AvgIpc) is 1.91. The predicted molar refractivity (Wildman–Crippen MR) is 50.1 cm³/mol. The van der Waals surface area contributed by atoms with E-state index >= 15 is 0 Å². The Balaban J connectivity index is 2.71. The number of aryl methyl sites for hydroxylation is 1. The minimum atomic E-state index is 0.0456. The molecule has 0 bridgehead atoms. The van der Waals surface area contributed by atoms with Gasteiger partial charge in [0.15, 0.2) is 0 Å². The van der Waals surface area contributed by atoms with Crippen LogP contribution >= 0.6 is 0 Å². The zero-order valence-electron chi connectivity index (χ0n) is 8.05. The van der Waals surface area contributed by atoms with Crippen molar-refractivity contribution in [1.82, 2.24) is 9.97 Å². The molecular weight excluding hydrogens is 150 g/mol. The predicted octanol–water partition coefficient (Wildman–Crippen LogP) is 2.00. The van der Waals surface area contributed by atoms with E-state index in [0.717, 1.165) is 11.5 Å². The summed E-state index contributed by atoms with van der Waals surface area (Å²) in [5.41, 5.74) is 0.985. The first-order valence-corrected chi connectivity index (χ1v) is 4.04. The molecule has 0 aliphatic rings. The van der Waals surface area contributed by atoms with Crippen LogP contribution in [0, 0.1) is 6.92 Å². The van der Waals surface area contributed by atoms with Crippen molar-refractivity contribution in [2.45, 2.75) is 33.2 Å². The van der Waals surface area contributed by atoms with Gasteiger partial charge >= 0.3 is 0 Å². The molecule has 1 heterocycles. The Morgan fingerprint density at radius 3 is 2.25 bits per heavy atom. The van der Waals surface area contributed by atoms with Gasteiger partial charge in [-0.25, -0.2) is 4.98 Å². The lowest BCUT2D eigenvalue weighted by atomic mass is 10.1. The third kappa shape index (κ3) is 2.86. The van der Waals surface area contributed by atoms with E-state index in [1.54, 1.807) is 12.4 Å². The van der Waals surface area contributed by atoms with E-state index in [1.807, 2.05) is 6.92 Å². The second-order valence-electron chi connectivity index (χ2n) is 3.92. The molecule has 0 aliphatic heterocycles. The molecule has 1 aromatic rings. The van der Waals surface area contributed by atoms with Gasteiger partial charge in [-0.05, 0) is 27.7 Å². The summed E-state index contributed by atoms with van der Waals surface area (Å²) in [6.07, 6.45) is 3.51. The van der Waals surface area contributed by atoms with Gasteiger partial charge in [0.1, 0.15) is 5.82 Å². The van der Waals surface area contributed by atoms with Crippen molar-refractivity contribution in [2.24, 2.45) is 0 Å². The van der Waals surface area contributed by atoms with Crippen LogP contribution in [0.3, 0.4) is 0 Å². The van der Waals surface area contributed by atoms with E-state index in [2.05, 4.69) is 36.1 Å². The van der Waals surface area contributed by atoms with E-state index in [9.17, 15) is 0 Å². The Kier molecular flexibility index (Phi) is 2.31. The van der Waals surface area contributed by atoms with Crippen molar-refractivity contribution in [3.63, 3.8) is 0 Å². The van der Waals surface area contributed by atoms with Crippen molar-refractivity contribution >= 4 is 5.82 Å². The fourth-order valence-corrected chi connectivity index (χ4v) is 0.841. The molecule has 0 saturated heterocycles. The fraction of sp³-hybridized carbons (Fsp3) is 0.556. The largest absolute Gasteiger partial charge is 0.364 e. The lowest BCUT2D eigenvalue weighted by Gasteiger charge is -2.20. The highest BCUT2D eigenvalue weighted by atomic mass is 15.0. The highest BCUT2D eigenvalue weighted by Crippen LogP contribution is 2.09. The van der Waals surface area contributed by atoms with Gasteiger partial charge in [-0.2, -0.15) is 0 Å². The molecule has 0 amide bonds. The molecule has 1 rings (SSSR count). The van der Waals surface area contributed by atoms with Crippen LogP contribution < -0.4 is 5.32 Å². The topological polar surface area (TPSA) is 37.8 Å². The quantitative estimate of drug-likeness (QED) is 0.691. The van der Waals surface area contributed by atoms with Crippen LogP contribution in [0.2, 0.25) is 0 Å². The number of nitrogens with one attached hydrogen (secondary N) is 1. The van der Waals surface area contributed by atoms with Crippen molar-refractivity contribution in [3.05, 3.63) is 18.1 Å². The molecule has 66 valence electrons. The molecule has 0 saturated carbocycles. The summed E-state index contributed by atoms with van der Waals surface area (Å²) in [5, 5.41) is 3.23. The van der Waals surface area contributed by atoms with Crippen LogP contribution in [0.4, 0.5) is 5.82 Å². The van der Waals surface area contributed by atoms with Crippen molar-refractivity contribution in [3.8, 4) is 0 Å².